The Kier molecular flexibility index (Phi) is 8.08. The predicted octanol–water partition coefficient (Wildman–Crippen LogP) is 1.13. The van der Waals surface area contributed by atoms with Crippen molar-refractivity contribution < 1.29 is 4.74 Å². The first kappa shape index (κ1) is 15.5. The lowest BCUT2D eigenvalue weighted by atomic mass is 10.5. The molecule has 0 unspecified atom stereocenters. The van der Waals surface area contributed by atoms with E-state index in [0.29, 0.717) is 17.6 Å². The van der Waals surface area contributed by atoms with Crippen LogP contribution in [-0.2, 0) is 0 Å². The van der Waals surface area contributed by atoms with Crippen LogP contribution in [0.2, 0.25) is 5.15 Å². The van der Waals surface area contributed by atoms with E-state index in [1.165, 1.54) is 18.6 Å². The molecule has 1 aliphatic heterocycles. The van der Waals surface area contributed by atoms with Gasteiger partial charge in [-0.05, 0) is 13.1 Å². The molecule has 102 valence electrons. The lowest BCUT2D eigenvalue weighted by molar-refractivity contribution is 0.216. The van der Waals surface area contributed by atoms with E-state index in [-0.39, 0.29) is 0 Å². The Hall–Kier alpha value is -0.560. The first-order valence-electron chi connectivity index (χ1n) is 5.84. The second kappa shape index (κ2) is 9.38. The topological polar surface area (TPSA) is 64.3 Å². The summed E-state index contributed by atoms with van der Waals surface area (Å²) in [6.07, 6.45) is 0. The summed E-state index contributed by atoms with van der Waals surface area (Å²) >= 11 is 7.64. The zero-order valence-corrected chi connectivity index (χ0v) is 12.1. The van der Waals surface area contributed by atoms with Gasteiger partial charge in [-0.15, -0.1) is 10.2 Å². The van der Waals surface area contributed by atoms with Crippen LogP contribution in [0.5, 0.6) is 5.88 Å². The molecule has 7 heteroatoms. The molecule has 0 spiro atoms. The average Bonchev–Trinajstić information content (AvgIpc) is 2.44. The molecule has 0 aromatic carbocycles. The van der Waals surface area contributed by atoms with E-state index in [2.05, 4.69) is 20.8 Å². The number of ether oxygens (including phenoxy) is 1. The van der Waals surface area contributed by atoms with Gasteiger partial charge in [0.2, 0.25) is 5.88 Å². The minimum atomic E-state index is 0.389. The number of hydrogen-bond donors (Lipinski definition) is 1. The van der Waals surface area contributed by atoms with Crippen LogP contribution in [-0.4, -0.2) is 59.9 Å². The van der Waals surface area contributed by atoms with E-state index >= 15 is 0 Å². The van der Waals surface area contributed by atoms with Crippen molar-refractivity contribution in [1.82, 2.24) is 15.1 Å². The fourth-order valence-corrected chi connectivity index (χ4v) is 2.56. The van der Waals surface area contributed by atoms with Gasteiger partial charge in [-0.25, -0.2) is 0 Å². The van der Waals surface area contributed by atoms with Crippen molar-refractivity contribution in [3.05, 3.63) is 17.3 Å². The highest BCUT2D eigenvalue weighted by atomic mass is 35.5. The fourth-order valence-electron chi connectivity index (χ4n) is 1.48. The van der Waals surface area contributed by atoms with Crippen LogP contribution in [0.1, 0.15) is 0 Å². The van der Waals surface area contributed by atoms with Gasteiger partial charge in [-0.3, -0.25) is 4.90 Å². The van der Waals surface area contributed by atoms with Gasteiger partial charge in [0.25, 0.3) is 0 Å². The van der Waals surface area contributed by atoms with Crippen molar-refractivity contribution in [1.29, 1.82) is 0 Å². The highest BCUT2D eigenvalue weighted by Crippen LogP contribution is 2.10. The Bertz CT molecular complexity index is 319. The third-order valence-corrected chi connectivity index (χ3v) is 3.51. The fraction of sp³-hybridized carbons (Fsp3) is 0.636. The smallest absolute Gasteiger partial charge is 0.233 e. The molecule has 0 bridgehead atoms. The molecular formula is C11H19ClN4OS. The van der Waals surface area contributed by atoms with Crippen molar-refractivity contribution in [3.63, 3.8) is 0 Å². The molecule has 0 saturated carbocycles. The molecule has 2 heterocycles. The van der Waals surface area contributed by atoms with Crippen molar-refractivity contribution in [2.75, 3.05) is 44.8 Å². The van der Waals surface area contributed by atoms with Crippen LogP contribution in [0.4, 0.5) is 0 Å². The van der Waals surface area contributed by atoms with E-state index in [1.54, 1.807) is 12.1 Å². The third-order valence-electron chi connectivity index (χ3n) is 2.37. The van der Waals surface area contributed by atoms with Crippen LogP contribution >= 0.6 is 23.4 Å². The summed E-state index contributed by atoms with van der Waals surface area (Å²) in [5.41, 5.74) is 4.50. The molecule has 1 aromatic rings. The Morgan fingerprint density at radius 1 is 1.33 bits per heavy atom. The zero-order chi connectivity index (χ0) is 13.2. The summed E-state index contributed by atoms with van der Waals surface area (Å²) in [5, 5.41) is 7.94. The molecule has 0 radical (unpaired) electrons. The maximum atomic E-state index is 5.63. The summed E-state index contributed by atoms with van der Waals surface area (Å²) in [6.45, 7) is 3.91. The second-order valence-electron chi connectivity index (χ2n) is 3.50. The third kappa shape index (κ3) is 5.86. The number of nitrogens with two attached hydrogens (primary N) is 1. The quantitative estimate of drug-likeness (QED) is 0.897. The van der Waals surface area contributed by atoms with E-state index < -0.39 is 0 Å². The molecular weight excluding hydrogens is 272 g/mol. The summed E-state index contributed by atoms with van der Waals surface area (Å²) < 4.78 is 5.48. The van der Waals surface area contributed by atoms with E-state index in [0.717, 1.165) is 19.6 Å². The summed E-state index contributed by atoms with van der Waals surface area (Å²) in [7, 11) is 1.50. The van der Waals surface area contributed by atoms with E-state index in [4.69, 9.17) is 16.3 Å². The Labute approximate surface area is 117 Å². The van der Waals surface area contributed by atoms with Gasteiger partial charge in [-0.2, -0.15) is 11.8 Å². The average molecular weight is 291 g/mol. The number of nitrogens with zero attached hydrogens (tertiary/aromatic N) is 3. The van der Waals surface area contributed by atoms with Gasteiger partial charge in [0.1, 0.15) is 6.61 Å². The Morgan fingerprint density at radius 3 is 2.67 bits per heavy atom. The Balaban J connectivity index is 0.000000771. The van der Waals surface area contributed by atoms with Crippen LogP contribution in [0.15, 0.2) is 12.1 Å². The van der Waals surface area contributed by atoms with Crippen LogP contribution in [0.3, 0.4) is 0 Å². The van der Waals surface area contributed by atoms with Gasteiger partial charge in [0.15, 0.2) is 5.15 Å². The van der Waals surface area contributed by atoms with Gasteiger partial charge in [-0.1, -0.05) is 11.6 Å². The molecule has 0 aliphatic carbocycles. The Morgan fingerprint density at radius 2 is 2.06 bits per heavy atom. The minimum Gasteiger partial charge on any atom is -0.475 e. The molecule has 1 fully saturated rings. The molecule has 1 saturated heterocycles. The van der Waals surface area contributed by atoms with Crippen LogP contribution < -0.4 is 10.5 Å². The standard InChI is InChI=1S/C10H14ClN3OS.CH5N/c11-9-1-2-10(13-12-9)15-6-3-14-4-7-16-8-5-14;1-2/h1-2H,3-8H2;2H2,1H3. The molecule has 1 aliphatic rings. The minimum absolute atomic E-state index is 0.389. The number of hydrogen-bond acceptors (Lipinski definition) is 6. The van der Waals surface area contributed by atoms with Gasteiger partial charge < -0.3 is 10.5 Å². The number of halogens is 1. The first-order chi connectivity index (χ1) is 8.84. The zero-order valence-electron chi connectivity index (χ0n) is 10.5. The number of rotatable bonds is 4. The van der Waals surface area contributed by atoms with Crippen molar-refractivity contribution in [3.8, 4) is 5.88 Å². The van der Waals surface area contributed by atoms with Gasteiger partial charge in [0, 0.05) is 37.2 Å². The first-order valence-corrected chi connectivity index (χ1v) is 7.38. The number of thioether (sulfide) groups is 1. The van der Waals surface area contributed by atoms with E-state index in [1.807, 2.05) is 11.8 Å². The second-order valence-corrected chi connectivity index (χ2v) is 5.11. The number of aromatic nitrogens is 2. The van der Waals surface area contributed by atoms with Crippen LogP contribution in [0.25, 0.3) is 0 Å². The lowest BCUT2D eigenvalue weighted by Crippen LogP contribution is -2.35. The summed E-state index contributed by atoms with van der Waals surface area (Å²) in [5.74, 6) is 2.98. The monoisotopic (exact) mass is 290 g/mol. The van der Waals surface area contributed by atoms with Crippen LogP contribution in [0, 0.1) is 0 Å². The molecule has 1 aromatic heterocycles. The van der Waals surface area contributed by atoms with Gasteiger partial charge >= 0.3 is 0 Å². The SMILES string of the molecule is CN.Clc1ccc(OCCN2CCSCC2)nn1. The highest BCUT2D eigenvalue weighted by Gasteiger charge is 2.09. The van der Waals surface area contributed by atoms with Crippen molar-refractivity contribution >= 4 is 23.4 Å². The maximum absolute atomic E-state index is 5.63. The molecule has 5 nitrogen and oxygen atoms in total. The molecule has 0 amide bonds. The predicted molar refractivity (Wildman–Crippen MR) is 76.4 cm³/mol. The normalized spacial score (nSPS) is 15.7. The molecule has 18 heavy (non-hydrogen) atoms. The lowest BCUT2D eigenvalue weighted by Gasteiger charge is -2.25. The van der Waals surface area contributed by atoms with Gasteiger partial charge in [0.05, 0.1) is 0 Å². The summed E-state index contributed by atoms with van der Waals surface area (Å²) in [6, 6.07) is 3.42. The van der Waals surface area contributed by atoms with Crippen molar-refractivity contribution in [2.45, 2.75) is 0 Å². The molecule has 0 atom stereocenters. The van der Waals surface area contributed by atoms with Crippen molar-refractivity contribution in [2.24, 2.45) is 5.73 Å². The summed E-state index contributed by atoms with van der Waals surface area (Å²) in [4.78, 5) is 2.40. The van der Waals surface area contributed by atoms with E-state index in [9.17, 15) is 0 Å². The molecule has 2 N–H and O–H groups in total. The highest BCUT2D eigenvalue weighted by molar-refractivity contribution is 7.99. The molecule has 2 rings (SSSR count). The largest absolute Gasteiger partial charge is 0.475 e. The maximum Gasteiger partial charge on any atom is 0.233 e.